The average molecular weight is 598 g/mol. The Kier molecular flexibility index (Phi) is 8.06. The Hall–Kier alpha value is -1.56. The molecule has 1 unspecified atom stereocenters. The normalized spacial score (nSPS) is 13.3. The SMILES string of the molecule is O=C(O)Cc1cccc(-c2ccc(/C(=C/C(I)C(F)(F)F)NCc3ccc(Cl)s3)s2)c1. The van der Waals surface area contributed by atoms with E-state index in [4.69, 9.17) is 16.7 Å². The number of carboxylic acids is 1. The fourth-order valence-corrected chi connectivity index (χ4v) is 5.14. The van der Waals surface area contributed by atoms with Crippen molar-refractivity contribution in [2.24, 2.45) is 0 Å². The molecule has 2 aromatic heterocycles. The van der Waals surface area contributed by atoms with Crippen LogP contribution in [0.25, 0.3) is 16.1 Å². The lowest BCUT2D eigenvalue weighted by Crippen LogP contribution is -2.22. The standard InChI is InChI=1S/C21H16ClF3INO2S2/c22-19-7-4-14(30-19)11-27-15(10-18(26)21(23,24)25)17-6-5-16(31-17)13-3-1-2-12(8-13)9-20(28)29/h1-8,10,18,27H,9,11H2,(H,28,29)/b15-10-. The summed E-state index contributed by atoms with van der Waals surface area (Å²) in [4.78, 5) is 13.4. The van der Waals surface area contributed by atoms with E-state index in [1.165, 1.54) is 51.3 Å². The van der Waals surface area contributed by atoms with E-state index in [1.54, 1.807) is 30.3 Å². The Balaban J connectivity index is 1.88. The van der Waals surface area contributed by atoms with Crippen molar-refractivity contribution in [1.82, 2.24) is 5.32 Å². The maximum absolute atomic E-state index is 13.2. The molecule has 0 aliphatic carbocycles. The molecule has 3 aromatic rings. The van der Waals surface area contributed by atoms with Crippen molar-refractivity contribution in [1.29, 1.82) is 0 Å². The van der Waals surface area contributed by atoms with E-state index in [1.807, 2.05) is 18.2 Å². The van der Waals surface area contributed by atoms with Gasteiger partial charge in [0.1, 0.15) is 3.92 Å². The van der Waals surface area contributed by atoms with Crippen molar-refractivity contribution in [3.63, 3.8) is 0 Å². The highest BCUT2D eigenvalue weighted by Gasteiger charge is 2.36. The summed E-state index contributed by atoms with van der Waals surface area (Å²) in [5.74, 6) is -0.924. The first kappa shape index (κ1) is 24.1. The van der Waals surface area contributed by atoms with Crippen LogP contribution in [0.3, 0.4) is 0 Å². The van der Waals surface area contributed by atoms with Gasteiger partial charge < -0.3 is 10.4 Å². The Morgan fingerprint density at radius 1 is 1.19 bits per heavy atom. The lowest BCUT2D eigenvalue weighted by molar-refractivity contribution is -0.136. The van der Waals surface area contributed by atoms with Gasteiger partial charge in [0.05, 0.1) is 15.6 Å². The van der Waals surface area contributed by atoms with Gasteiger partial charge in [0.15, 0.2) is 0 Å². The van der Waals surface area contributed by atoms with Crippen LogP contribution in [0.5, 0.6) is 0 Å². The van der Waals surface area contributed by atoms with E-state index in [-0.39, 0.29) is 6.42 Å². The number of carbonyl (C=O) groups is 1. The number of aliphatic carboxylic acids is 1. The second-order valence-corrected chi connectivity index (χ2v) is 10.7. The molecule has 0 fully saturated rings. The molecule has 0 saturated carbocycles. The number of alkyl halides is 4. The Bertz CT molecular complexity index is 1090. The fraction of sp³-hybridized carbons (Fsp3) is 0.190. The molecule has 3 rings (SSSR count). The lowest BCUT2D eigenvalue weighted by atomic mass is 10.1. The van der Waals surface area contributed by atoms with Crippen LogP contribution >= 0.6 is 56.9 Å². The largest absolute Gasteiger partial charge is 0.481 e. The molecule has 0 aliphatic heterocycles. The maximum Gasteiger partial charge on any atom is 0.403 e. The minimum absolute atomic E-state index is 0.0930. The van der Waals surface area contributed by atoms with Gasteiger partial charge in [-0.25, -0.2) is 0 Å². The molecular weight excluding hydrogens is 582 g/mol. The summed E-state index contributed by atoms with van der Waals surface area (Å²) in [6.07, 6.45) is -3.28. The van der Waals surface area contributed by atoms with Crippen LogP contribution in [0.4, 0.5) is 13.2 Å². The number of nitrogens with one attached hydrogen (secondary N) is 1. The van der Waals surface area contributed by atoms with Gasteiger partial charge in [-0.05, 0) is 47.5 Å². The topological polar surface area (TPSA) is 49.3 Å². The van der Waals surface area contributed by atoms with Gasteiger partial charge in [-0.1, -0.05) is 52.4 Å². The second-order valence-electron chi connectivity index (χ2n) is 6.52. The monoisotopic (exact) mass is 597 g/mol. The minimum Gasteiger partial charge on any atom is -0.481 e. The number of allylic oxidation sites excluding steroid dienone is 1. The van der Waals surface area contributed by atoms with E-state index < -0.39 is 16.1 Å². The number of benzene rings is 1. The molecule has 0 bridgehead atoms. The van der Waals surface area contributed by atoms with Crippen LogP contribution in [-0.2, 0) is 17.8 Å². The molecule has 1 aromatic carbocycles. The molecule has 164 valence electrons. The summed E-state index contributed by atoms with van der Waals surface area (Å²) in [5.41, 5.74) is 1.87. The quantitative estimate of drug-likeness (QED) is 0.212. The smallest absolute Gasteiger partial charge is 0.403 e. The molecular formula is C21H16ClF3INO2S2. The molecule has 0 saturated heterocycles. The minimum atomic E-state index is -4.36. The molecule has 1 atom stereocenters. The Morgan fingerprint density at radius 2 is 1.97 bits per heavy atom. The molecule has 0 aliphatic rings. The van der Waals surface area contributed by atoms with Crippen LogP contribution < -0.4 is 5.32 Å². The van der Waals surface area contributed by atoms with Gasteiger partial charge in [-0.2, -0.15) is 13.2 Å². The molecule has 3 nitrogen and oxygen atoms in total. The molecule has 2 N–H and O–H groups in total. The Morgan fingerprint density at radius 3 is 2.61 bits per heavy atom. The zero-order valence-electron chi connectivity index (χ0n) is 15.7. The van der Waals surface area contributed by atoms with Crippen molar-refractivity contribution < 1.29 is 23.1 Å². The molecule has 0 spiro atoms. The summed E-state index contributed by atoms with van der Waals surface area (Å²) in [5, 5.41) is 12.1. The zero-order valence-corrected chi connectivity index (χ0v) is 20.3. The zero-order chi connectivity index (χ0) is 22.6. The Labute approximate surface area is 203 Å². The van der Waals surface area contributed by atoms with Crippen LogP contribution in [0.15, 0.2) is 54.6 Å². The van der Waals surface area contributed by atoms with Gasteiger partial charge >= 0.3 is 12.1 Å². The van der Waals surface area contributed by atoms with Gasteiger partial charge in [0.25, 0.3) is 0 Å². The van der Waals surface area contributed by atoms with E-state index in [2.05, 4.69) is 5.32 Å². The van der Waals surface area contributed by atoms with Crippen LogP contribution in [0.1, 0.15) is 15.3 Å². The molecule has 0 radical (unpaired) electrons. The third-order valence-corrected chi connectivity index (χ3v) is 7.61. The number of carboxylic acid groups (broad SMARTS) is 1. The first-order chi connectivity index (χ1) is 14.6. The third kappa shape index (κ3) is 6.96. The van der Waals surface area contributed by atoms with E-state index >= 15 is 0 Å². The molecule has 31 heavy (non-hydrogen) atoms. The summed E-state index contributed by atoms with van der Waals surface area (Å²) in [6, 6.07) is 14.3. The van der Waals surface area contributed by atoms with Crippen molar-refractivity contribution in [3.8, 4) is 10.4 Å². The maximum atomic E-state index is 13.2. The number of hydrogen-bond acceptors (Lipinski definition) is 4. The fourth-order valence-electron chi connectivity index (χ4n) is 2.75. The first-order valence-corrected chi connectivity index (χ1v) is 12.2. The average Bonchev–Trinajstić information content (AvgIpc) is 3.33. The van der Waals surface area contributed by atoms with Crippen LogP contribution in [0, 0.1) is 0 Å². The molecule has 2 heterocycles. The van der Waals surface area contributed by atoms with Crippen LogP contribution in [0.2, 0.25) is 4.34 Å². The number of hydrogen-bond donors (Lipinski definition) is 2. The molecule has 0 amide bonds. The van der Waals surface area contributed by atoms with E-state index in [0.29, 0.717) is 27.0 Å². The van der Waals surface area contributed by atoms with E-state index in [0.717, 1.165) is 15.3 Å². The summed E-state index contributed by atoms with van der Waals surface area (Å²) >= 11 is 10.0. The summed E-state index contributed by atoms with van der Waals surface area (Å²) < 4.78 is 38.5. The highest BCUT2D eigenvalue weighted by Crippen LogP contribution is 2.35. The van der Waals surface area contributed by atoms with Gasteiger partial charge in [0, 0.05) is 22.0 Å². The predicted octanol–water partition coefficient (Wildman–Crippen LogP) is 7.25. The van der Waals surface area contributed by atoms with Crippen molar-refractivity contribution >= 4 is 68.5 Å². The van der Waals surface area contributed by atoms with Gasteiger partial charge in [-0.15, -0.1) is 22.7 Å². The number of rotatable bonds is 8. The van der Waals surface area contributed by atoms with E-state index in [9.17, 15) is 18.0 Å². The second kappa shape index (κ2) is 10.4. The highest BCUT2D eigenvalue weighted by molar-refractivity contribution is 14.1. The van der Waals surface area contributed by atoms with Gasteiger partial charge in [-0.3, -0.25) is 4.79 Å². The molecule has 10 heteroatoms. The number of halogens is 5. The van der Waals surface area contributed by atoms with Crippen molar-refractivity contribution in [2.45, 2.75) is 23.1 Å². The highest BCUT2D eigenvalue weighted by atomic mass is 127. The lowest BCUT2D eigenvalue weighted by Gasteiger charge is -2.14. The summed E-state index contributed by atoms with van der Waals surface area (Å²) in [6.45, 7) is 0.353. The summed E-state index contributed by atoms with van der Waals surface area (Å²) in [7, 11) is 0. The third-order valence-electron chi connectivity index (χ3n) is 4.15. The van der Waals surface area contributed by atoms with Crippen LogP contribution in [-0.4, -0.2) is 21.2 Å². The van der Waals surface area contributed by atoms with Crippen molar-refractivity contribution in [2.75, 3.05) is 0 Å². The van der Waals surface area contributed by atoms with Gasteiger partial charge in [0.2, 0.25) is 0 Å². The first-order valence-electron chi connectivity index (χ1n) is 8.94. The predicted molar refractivity (Wildman–Crippen MR) is 129 cm³/mol. The number of thiophene rings is 2. The van der Waals surface area contributed by atoms with Crippen molar-refractivity contribution in [3.05, 3.63) is 74.3 Å².